The molecule has 0 spiro atoms. The quantitative estimate of drug-likeness (QED) is 0.873. The molecule has 3 nitrogen and oxygen atoms in total. The minimum Gasteiger partial charge on any atom is -0.329 e. The minimum absolute atomic E-state index is 0.0141. The number of rotatable bonds is 5. The summed E-state index contributed by atoms with van der Waals surface area (Å²) in [6.07, 6.45) is 1.50. The van der Waals surface area contributed by atoms with Crippen LogP contribution in [0.2, 0.25) is 0 Å². The molecule has 0 aliphatic rings. The molecule has 0 aliphatic heterocycles. The highest BCUT2D eigenvalue weighted by molar-refractivity contribution is 5.97. The smallest absolute Gasteiger partial charge is 0.231 e. The molecule has 2 aromatic carbocycles. The van der Waals surface area contributed by atoms with Crippen LogP contribution in [-0.4, -0.2) is 12.5 Å². The van der Waals surface area contributed by atoms with E-state index in [-0.39, 0.29) is 5.91 Å². The normalized spacial score (nSPS) is 11.6. The van der Waals surface area contributed by atoms with Crippen molar-refractivity contribution in [1.29, 1.82) is 0 Å². The third-order valence-electron chi connectivity index (χ3n) is 4.23. The Morgan fingerprint density at radius 2 is 1.75 bits per heavy atom. The monoisotopic (exact) mass is 270 g/mol. The highest BCUT2D eigenvalue weighted by Crippen LogP contribution is 2.27. The SMILES string of the molecule is CCC(CC)(CN)C(=O)Nc1ccc2ccccc2c1. The van der Waals surface area contributed by atoms with Gasteiger partial charge in [0.2, 0.25) is 5.91 Å². The predicted molar refractivity (Wildman–Crippen MR) is 84.6 cm³/mol. The summed E-state index contributed by atoms with van der Waals surface area (Å²) in [7, 11) is 0. The topological polar surface area (TPSA) is 55.1 Å². The van der Waals surface area contributed by atoms with Crippen molar-refractivity contribution in [3.05, 3.63) is 42.5 Å². The predicted octanol–water partition coefficient (Wildman–Crippen LogP) is 3.54. The van der Waals surface area contributed by atoms with E-state index in [0.717, 1.165) is 23.9 Å². The largest absolute Gasteiger partial charge is 0.329 e. The minimum atomic E-state index is -0.467. The third kappa shape index (κ3) is 2.68. The Bertz CT molecular complexity index is 594. The first-order valence-corrected chi connectivity index (χ1v) is 7.15. The van der Waals surface area contributed by atoms with E-state index in [1.54, 1.807) is 0 Å². The third-order valence-corrected chi connectivity index (χ3v) is 4.23. The number of nitrogens with one attached hydrogen (secondary N) is 1. The molecule has 3 heteroatoms. The standard InChI is InChI=1S/C17H22N2O/c1-3-17(4-2,12-18)16(20)19-15-10-9-13-7-5-6-8-14(13)11-15/h5-11H,3-4,12,18H2,1-2H3,(H,19,20). The van der Waals surface area contributed by atoms with Crippen LogP contribution in [0.5, 0.6) is 0 Å². The van der Waals surface area contributed by atoms with Crippen LogP contribution in [0.4, 0.5) is 5.69 Å². The van der Waals surface area contributed by atoms with E-state index < -0.39 is 5.41 Å². The van der Waals surface area contributed by atoms with Gasteiger partial charge in [-0.3, -0.25) is 4.79 Å². The summed E-state index contributed by atoms with van der Waals surface area (Å²) >= 11 is 0. The zero-order valence-electron chi connectivity index (χ0n) is 12.1. The molecule has 20 heavy (non-hydrogen) atoms. The van der Waals surface area contributed by atoms with Crippen LogP contribution in [-0.2, 0) is 4.79 Å². The van der Waals surface area contributed by atoms with E-state index in [4.69, 9.17) is 5.73 Å². The lowest BCUT2D eigenvalue weighted by Crippen LogP contribution is -2.41. The van der Waals surface area contributed by atoms with Gasteiger partial charge in [-0.15, -0.1) is 0 Å². The Morgan fingerprint density at radius 1 is 1.10 bits per heavy atom. The summed E-state index contributed by atoms with van der Waals surface area (Å²) in [5.74, 6) is 0.0141. The van der Waals surface area contributed by atoms with Gasteiger partial charge in [0.1, 0.15) is 0 Å². The second-order valence-electron chi connectivity index (χ2n) is 5.21. The van der Waals surface area contributed by atoms with Gasteiger partial charge in [-0.05, 0) is 35.7 Å². The first-order chi connectivity index (χ1) is 9.65. The van der Waals surface area contributed by atoms with Crippen molar-refractivity contribution in [2.45, 2.75) is 26.7 Å². The Kier molecular flexibility index (Phi) is 4.40. The van der Waals surface area contributed by atoms with Gasteiger partial charge in [0.05, 0.1) is 5.41 Å². The van der Waals surface area contributed by atoms with Crippen LogP contribution >= 0.6 is 0 Å². The van der Waals surface area contributed by atoms with Crippen molar-refractivity contribution < 1.29 is 4.79 Å². The number of carbonyl (C=O) groups excluding carboxylic acids is 1. The fraction of sp³-hybridized carbons (Fsp3) is 0.353. The number of hydrogen-bond acceptors (Lipinski definition) is 2. The van der Waals surface area contributed by atoms with Gasteiger partial charge in [0.25, 0.3) is 0 Å². The maximum atomic E-state index is 12.5. The van der Waals surface area contributed by atoms with Crippen LogP contribution in [0.3, 0.4) is 0 Å². The summed E-state index contributed by atoms with van der Waals surface area (Å²) in [6, 6.07) is 14.1. The number of carbonyl (C=O) groups is 1. The summed E-state index contributed by atoms with van der Waals surface area (Å²) in [5.41, 5.74) is 6.17. The molecule has 0 aromatic heterocycles. The molecular formula is C17H22N2O. The fourth-order valence-electron chi connectivity index (χ4n) is 2.48. The Balaban J connectivity index is 2.25. The lowest BCUT2D eigenvalue weighted by atomic mass is 9.81. The molecule has 0 bridgehead atoms. The number of fused-ring (bicyclic) bond motifs is 1. The maximum Gasteiger partial charge on any atom is 0.231 e. The first-order valence-electron chi connectivity index (χ1n) is 7.15. The summed E-state index contributed by atoms with van der Waals surface area (Å²) < 4.78 is 0. The number of amides is 1. The van der Waals surface area contributed by atoms with E-state index >= 15 is 0 Å². The Labute approximate surface area is 120 Å². The molecule has 0 heterocycles. The molecule has 2 aromatic rings. The molecule has 0 radical (unpaired) electrons. The van der Waals surface area contributed by atoms with Crippen LogP contribution in [0.25, 0.3) is 10.8 Å². The molecular weight excluding hydrogens is 248 g/mol. The number of nitrogens with two attached hydrogens (primary N) is 1. The second kappa shape index (κ2) is 6.06. The van der Waals surface area contributed by atoms with Crippen molar-refractivity contribution in [2.24, 2.45) is 11.1 Å². The van der Waals surface area contributed by atoms with E-state index in [0.29, 0.717) is 6.54 Å². The van der Waals surface area contributed by atoms with Gasteiger partial charge in [-0.2, -0.15) is 0 Å². The molecule has 2 rings (SSSR count). The van der Waals surface area contributed by atoms with Gasteiger partial charge in [-0.25, -0.2) is 0 Å². The van der Waals surface area contributed by atoms with Crippen LogP contribution in [0, 0.1) is 5.41 Å². The van der Waals surface area contributed by atoms with Gasteiger partial charge < -0.3 is 11.1 Å². The van der Waals surface area contributed by atoms with Gasteiger partial charge in [-0.1, -0.05) is 44.2 Å². The average Bonchev–Trinajstić information content (AvgIpc) is 2.49. The van der Waals surface area contributed by atoms with Crippen molar-refractivity contribution in [3.8, 4) is 0 Å². The van der Waals surface area contributed by atoms with E-state index in [1.807, 2.05) is 50.2 Å². The zero-order chi connectivity index (χ0) is 14.6. The molecule has 0 atom stereocenters. The molecule has 3 N–H and O–H groups in total. The fourth-order valence-corrected chi connectivity index (χ4v) is 2.48. The number of anilines is 1. The van der Waals surface area contributed by atoms with Crippen molar-refractivity contribution in [2.75, 3.05) is 11.9 Å². The molecule has 0 saturated heterocycles. The zero-order valence-corrected chi connectivity index (χ0v) is 12.1. The molecule has 0 aliphatic carbocycles. The maximum absolute atomic E-state index is 12.5. The Morgan fingerprint density at radius 3 is 2.35 bits per heavy atom. The Hall–Kier alpha value is -1.87. The van der Waals surface area contributed by atoms with Crippen LogP contribution < -0.4 is 11.1 Å². The highest BCUT2D eigenvalue weighted by atomic mass is 16.2. The van der Waals surface area contributed by atoms with Crippen molar-refractivity contribution in [3.63, 3.8) is 0 Å². The van der Waals surface area contributed by atoms with Crippen molar-refractivity contribution >= 4 is 22.4 Å². The summed E-state index contributed by atoms with van der Waals surface area (Å²) in [6.45, 7) is 4.39. The van der Waals surface area contributed by atoms with Gasteiger partial charge in [0.15, 0.2) is 0 Å². The van der Waals surface area contributed by atoms with Crippen LogP contribution in [0.15, 0.2) is 42.5 Å². The lowest BCUT2D eigenvalue weighted by Gasteiger charge is -2.28. The summed E-state index contributed by atoms with van der Waals surface area (Å²) in [5, 5.41) is 5.30. The lowest BCUT2D eigenvalue weighted by molar-refractivity contribution is -0.125. The van der Waals surface area contributed by atoms with Gasteiger partial charge in [0, 0.05) is 12.2 Å². The molecule has 0 fully saturated rings. The molecule has 1 amide bonds. The molecule has 0 unspecified atom stereocenters. The molecule has 0 saturated carbocycles. The number of hydrogen-bond donors (Lipinski definition) is 2. The van der Waals surface area contributed by atoms with Crippen LogP contribution in [0.1, 0.15) is 26.7 Å². The molecule has 106 valence electrons. The summed E-state index contributed by atoms with van der Waals surface area (Å²) in [4.78, 5) is 12.5. The highest BCUT2D eigenvalue weighted by Gasteiger charge is 2.33. The van der Waals surface area contributed by atoms with E-state index in [2.05, 4.69) is 11.4 Å². The van der Waals surface area contributed by atoms with Gasteiger partial charge >= 0.3 is 0 Å². The average molecular weight is 270 g/mol. The van der Waals surface area contributed by atoms with E-state index in [1.165, 1.54) is 5.39 Å². The number of benzene rings is 2. The second-order valence-corrected chi connectivity index (χ2v) is 5.21. The van der Waals surface area contributed by atoms with E-state index in [9.17, 15) is 4.79 Å². The van der Waals surface area contributed by atoms with Crippen molar-refractivity contribution in [1.82, 2.24) is 0 Å². The first kappa shape index (κ1) is 14.5.